The fourth-order valence-electron chi connectivity index (χ4n) is 3.54. The van der Waals surface area contributed by atoms with Crippen molar-refractivity contribution in [2.75, 3.05) is 40.0 Å². The van der Waals surface area contributed by atoms with Crippen LogP contribution < -0.4 is 9.47 Å². The van der Waals surface area contributed by atoms with E-state index in [1.54, 1.807) is 35.2 Å². The molecule has 0 saturated carbocycles. The van der Waals surface area contributed by atoms with Gasteiger partial charge in [0.15, 0.2) is 11.5 Å². The van der Waals surface area contributed by atoms with Gasteiger partial charge >= 0.3 is 5.97 Å². The molecule has 2 aromatic rings. The Bertz CT molecular complexity index is 1190. The highest BCUT2D eigenvalue weighted by atomic mass is 32.2. The summed E-state index contributed by atoms with van der Waals surface area (Å²) in [5.74, 6) is -0.837. The molecule has 0 aliphatic carbocycles. The Labute approximate surface area is 206 Å². The van der Waals surface area contributed by atoms with Crippen LogP contribution in [0, 0.1) is 6.92 Å². The first-order chi connectivity index (χ1) is 16.9. The van der Waals surface area contributed by atoms with Crippen LogP contribution >= 0.6 is 11.8 Å². The molecule has 0 aromatic heterocycles. The molecule has 9 nitrogen and oxygen atoms in total. The normalized spacial score (nSPS) is 17.1. The molecule has 2 aliphatic rings. The second-order valence-corrected chi connectivity index (χ2v) is 8.92. The van der Waals surface area contributed by atoms with Crippen LogP contribution in [0.15, 0.2) is 47.4 Å². The molecule has 0 atom stereocenters. The number of thioether (sulfide) groups is 1. The minimum atomic E-state index is -0.532. The zero-order chi connectivity index (χ0) is 24.9. The Kier molecular flexibility index (Phi) is 7.52. The summed E-state index contributed by atoms with van der Waals surface area (Å²) in [5, 5.41) is -0.501. The van der Waals surface area contributed by atoms with E-state index in [9.17, 15) is 19.2 Å². The van der Waals surface area contributed by atoms with Gasteiger partial charge in [-0.05, 0) is 54.6 Å². The van der Waals surface area contributed by atoms with Crippen LogP contribution in [-0.4, -0.2) is 72.8 Å². The smallest absolute Gasteiger partial charge is 0.343 e. The lowest BCUT2D eigenvalue weighted by molar-refractivity contribution is -0.139. The Balaban J connectivity index is 1.46. The zero-order valence-corrected chi connectivity index (χ0v) is 20.1. The molecule has 2 aromatic carbocycles. The summed E-state index contributed by atoms with van der Waals surface area (Å²) in [6.07, 6.45) is 1.54. The number of morpholine rings is 1. The van der Waals surface area contributed by atoms with Crippen molar-refractivity contribution < 1.29 is 33.4 Å². The number of imide groups is 1. The number of aryl methyl sites for hydroxylation is 1. The molecular formula is C25H24N2O7S. The van der Waals surface area contributed by atoms with Crippen LogP contribution in [0.25, 0.3) is 6.08 Å². The van der Waals surface area contributed by atoms with Crippen LogP contribution in [0.2, 0.25) is 0 Å². The predicted octanol–water partition coefficient (Wildman–Crippen LogP) is 3.12. The second kappa shape index (κ2) is 10.7. The number of ether oxygens (including phenoxy) is 3. The third-order valence-electron chi connectivity index (χ3n) is 5.51. The lowest BCUT2D eigenvalue weighted by Crippen LogP contribution is -2.46. The summed E-state index contributed by atoms with van der Waals surface area (Å²) in [4.78, 5) is 52.9. The minimum Gasteiger partial charge on any atom is -0.493 e. The van der Waals surface area contributed by atoms with Gasteiger partial charge in [0.05, 0.1) is 30.8 Å². The van der Waals surface area contributed by atoms with Crippen molar-refractivity contribution in [3.63, 3.8) is 0 Å². The van der Waals surface area contributed by atoms with E-state index < -0.39 is 17.1 Å². The molecule has 2 saturated heterocycles. The summed E-state index contributed by atoms with van der Waals surface area (Å²) in [7, 11) is 1.44. The summed E-state index contributed by atoms with van der Waals surface area (Å²) < 4.78 is 16.1. The highest BCUT2D eigenvalue weighted by Crippen LogP contribution is 2.34. The number of methoxy groups -OCH3 is 1. The topological polar surface area (TPSA) is 102 Å². The first kappa shape index (κ1) is 24.5. The van der Waals surface area contributed by atoms with Gasteiger partial charge in [-0.1, -0.05) is 23.8 Å². The molecule has 0 unspecified atom stereocenters. The lowest BCUT2D eigenvalue weighted by Gasteiger charge is -2.28. The van der Waals surface area contributed by atoms with Crippen LogP contribution in [0.3, 0.4) is 0 Å². The first-order valence-corrected chi connectivity index (χ1v) is 11.7. The highest BCUT2D eigenvalue weighted by Gasteiger charge is 2.37. The summed E-state index contributed by atoms with van der Waals surface area (Å²) in [5.41, 5.74) is 2.00. The van der Waals surface area contributed by atoms with Crippen molar-refractivity contribution in [3.05, 3.63) is 64.1 Å². The zero-order valence-electron chi connectivity index (χ0n) is 19.3. The van der Waals surface area contributed by atoms with E-state index in [4.69, 9.17) is 14.2 Å². The molecule has 2 fully saturated rings. The molecule has 182 valence electrons. The number of amides is 3. The van der Waals surface area contributed by atoms with Crippen LogP contribution in [-0.2, 0) is 14.3 Å². The van der Waals surface area contributed by atoms with Gasteiger partial charge in [-0.15, -0.1) is 0 Å². The molecule has 0 radical (unpaired) electrons. The third-order valence-corrected chi connectivity index (χ3v) is 6.41. The largest absolute Gasteiger partial charge is 0.493 e. The standard InChI is InChI=1S/C25H24N2O7S/c1-16-3-6-18(7-4-16)24(30)34-19-8-5-17(13-20(19)32-2)14-21-23(29)27(25(31)35-21)15-22(28)26-9-11-33-12-10-26/h3-8,13-14H,9-12,15H2,1-2H3/b21-14-. The lowest BCUT2D eigenvalue weighted by atomic mass is 10.1. The molecule has 2 heterocycles. The summed E-state index contributed by atoms with van der Waals surface area (Å²) in [6, 6.07) is 11.8. The number of carbonyl (C=O) groups excluding carboxylic acids is 4. The number of hydrogen-bond acceptors (Lipinski definition) is 8. The van der Waals surface area contributed by atoms with E-state index in [-0.39, 0.29) is 23.1 Å². The average Bonchev–Trinajstić information content (AvgIpc) is 3.13. The highest BCUT2D eigenvalue weighted by molar-refractivity contribution is 8.18. The van der Waals surface area contributed by atoms with Crippen molar-refractivity contribution in [1.29, 1.82) is 0 Å². The van der Waals surface area contributed by atoms with E-state index in [1.165, 1.54) is 13.2 Å². The minimum absolute atomic E-state index is 0.191. The van der Waals surface area contributed by atoms with Gasteiger partial charge < -0.3 is 19.1 Å². The fourth-order valence-corrected chi connectivity index (χ4v) is 4.38. The number of esters is 1. The number of rotatable bonds is 6. The Morgan fingerprint density at radius 3 is 2.46 bits per heavy atom. The van der Waals surface area contributed by atoms with Gasteiger partial charge in [-0.25, -0.2) is 4.79 Å². The molecule has 0 bridgehead atoms. The Morgan fingerprint density at radius 2 is 1.77 bits per heavy atom. The van der Waals surface area contributed by atoms with Crippen molar-refractivity contribution >= 4 is 40.9 Å². The van der Waals surface area contributed by atoms with Crippen LogP contribution in [0.5, 0.6) is 11.5 Å². The predicted molar refractivity (Wildman–Crippen MR) is 129 cm³/mol. The summed E-state index contributed by atoms with van der Waals surface area (Å²) >= 11 is 0.769. The van der Waals surface area contributed by atoms with E-state index >= 15 is 0 Å². The van der Waals surface area contributed by atoms with E-state index in [1.807, 2.05) is 19.1 Å². The van der Waals surface area contributed by atoms with Gasteiger partial charge in [-0.3, -0.25) is 19.3 Å². The van der Waals surface area contributed by atoms with Gasteiger partial charge in [-0.2, -0.15) is 0 Å². The molecule has 35 heavy (non-hydrogen) atoms. The maximum Gasteiger partial charge on any atom is 0.343 e. The fraction of sp³-hybridized carbons (Fsp3) is 0.280. The van der Waals surface area contributed by atoms with Crippen molar-refractivity contribution in [1.82, 2.24) is 9.80 Å². The monoisotopic (exact) mass is 496 g/mol. The Morgan fingerprint density at radius 1 is 1.06 bits per heavy atom. The van der Waals surface area contributed by atoms with Crippen molar-refractivity contribution in [3.8, 4) is 11.5 Å². The van der Waals surface area contributed by atoms with Gasteiger partial charge in [0.25, 0.3) is 11.1 Å². The molecule has 10 heteroatoms. The maximum absolute atomic E-state index is 12.8. The quantitative estimate of drug-likeness (QED) is 0.342. The number of nitrogens with zero attached hydrogens (tertiary/aromatic N) is 2. The number of benzene rings is 2. The molecular weight excluding hydrogens is 472 g/mol. The molecule has 0 spiro atoms. The Hall–Kier alpha value is -3.63. The second-order valence-electron chi connectivity index (χ2n) is 7.93. The SMILES string of the molecule is COc1cc(/C=C2\SC(=O)N(CC(=O)N3CCOCC3)C2=O)ccc1OC(=O)c1ccc(C)cc1. The molecule has 2 aliphatic heterocycles. The van der Waals surface area contributed by atoms with E-state index in [2.05, 4.69) is 0 Å². The average molecular weight is 497 g/mol. The summed E-state index contributed by atoms with van der Waals surface area (Å²) in [6.45, 7) is 3.36. The maximum atomic E-state index is 12.8. The van der Waals surface area contributed by atoms with Gasteiger partial charge in [0, 0.05) is 13.1 Å². The third kappa shape index (κ3) is 5.72. The molecule has 0 N–H and O–H groups in total. The van der Waals surface area contributed by atoms with Gasteiger partial charge in [0.2, 0.25) is 5.91 Å². The van der Waals surface area contributed by atoms with Crippen molar-refractivity contribution in [2.24, 2.45) is 0 Å². The van der Waals surface area contributed by atoms with Crippen molar-refractivity contribution in [2.45, 2.75) is 6.92 Å². The molecule has 3 amide bonds. The van der Waals surface area contributed by atoms with Crippen LogP contribution in [0.1, 0.15) is 21.5 Å². The first-order valence-electron chi connectivity index (χ1n) is 10.9. The van der Waals surface area contributed by atoms with Crippen LogP contribution in [0.4, 0.5) is 4.79 Å². The molecule has 4 rings (SSSR count). The van der Waals surface area contributed by atoms with E-state index in [0.29, 0.717) is 43.2 Å². The van der Waals surface area contributed by atoms with E-state index in [0.717, 1.165) is 22.2 Å². The number of hydrogen-bond donors (Lipinski definition) is 0. The van der Waals surface area contributed by atoms with Gasteiger partial charge in [0.1, 0.15) is 6.54 Å². The number of carbonyl (C=O) groups is 4.